The molecular weight excluding hydrogens is 366 g/mol. The number of carbonyl (C=O) groups excluding carboxylic acids is 1. The minimum absolute atomic E-state index is 0.130. The van der Waals surface area contributed by atoms with Gasteiger partial charge in [-0.1, -0.05) is 12.1 Å². The fraction of sp³-hybridized carbons (Fsp3) is 0.250. The van der Waals surface area contributed by atoms with E-state index in [1.54, 1.807) is 22.9 Å². The first-order chi connectivity index (χ1) is 12.2. The molecule has 2 aromatic carbocycles. The first-order valence-corrected chi connectivity index (χ1v) is 8.73. The quantitative estimate of drug-likeness (QED) is 0.775. The Labute approximate surface area is 149 Å². The van der Waals surface area contributed by atoms with Crippen molar-refractivity contribution in [3.8, 4) is 11.5 Å². The molecule has 1 unspecified atom stereocenters. The summed E-state index contributed by atoms with van der Waals surface area (Å²) in [6.45, 7) is 1.39. The third-order valence-electron chi connectivity index (χ3n) is 3.63. The molecule has 0 aliphatic heterocycles. The number of carbonyl (C=O) groups is 2. The van der Waals surface area contributed by atoms with Crippen LogP contribution in [0.5, 0.6) is 11.5 Å². The van der Waals surface area contributed by atoms with Crippen LogP contribution in [0.1, 0.15) is 18.4 Å². The second kappa shape index (κ2) is 7.48. The fourth-order valence-electron chi connectivity index (χ4n) is 2.26. The summed E-state index contributed by atoms with van der Waals surface area (Å²) in [7, 11) is -2.11. The summed E-state index contributed by atoms with van der Waals surface area (Å²) in [5.74, 6) is -1.89. The summed E-state index contributed by atoms with van der Waals surface area (Å²) in [6.07, 6.45) is -1.24. The van der Waals surface area contributed by atoms with Crippen molar-refractivity contribution in [2.75, 3.05) is 14.2 Å². The van der Waals surface area contributed by atoms with E-state index in [1.165, 1.54) is 26.2 Å². The second-order valence-electron chi connectivity index (χ2n) is 5.26. The zero-order valence-corrected chi connectivity index (χ0v) is 15.0. The van der Waals surface area contributed by atoms with E-state index in [-0.39, 0.29) is 11.3 Å². The molecule has 2 N–H and O–H groups in total. The van der Waals surface area contributed by atoms with Gasteiger partial charge in [-0.2, -0.15) is 13.1 Å². The molecular formula is C16H17NO8S. The van der Waals surface area contributed by atoms with Gasteiger partial charge in [-0.25, -0.2) is 4.79 Å². The Morgan fingerprint density at radius 1 is 1.15 bits per heavy atom. The number of nitrogens with one attached hydrogen (secondary N) is 1. The average Bonchev–Trinajstić information content (AvgIpc) is 2.59. The van der Waals surface area contributed by atoms with Crippen molar-refractivity contribution in [2.24, 2.45) is 0 Å². The largest absolute Gasteiger partial charge is 0.497 e. The van der Waals surface area contributed by atoms with Gasteiger partial charge in [-0.05, 0) is 30.5 Å². The number of hydrogen-bond acceptors (Lipinski definition) is 7. The molecule has 0 aliphatic carbocycles. The lowest BCUT2D eigenvalue weighted by Crippen LogP contribution is -2.34. The van der Waals surface area contributed by atoms with Crippen molar-refractivity contribution in [3.63, 3.8) is 0 Å². The highest BCUT2D eigenvalue weighted by molar-refractivity contribution is 7.85. The number of ether oxygens (including phenoxy) is 2. The molecule has 1 atom stereocenters. The van der Waals surface area contributed by atoms with Gasteiger partial charge < -0.3 is 18.8 Å². The predicted molar refractivity (Wildman–Crippen MR) is 91.6 cm³/mol. The van der Waals surface area contributed by atoms with Crippen LogP contribution in [0.15, 0.2) is 30.3 Å². The first kappa shape index (κ1) is 19.3. The summed E-state index contributed by atoms with van der Waals surface area (Å²) < 4.78 is 40.1. The summed E-state index contributed by atoms with van der Waals surface area (Å²) >= 11 is 0. The Bertz CT molecular complexity index is 954. The van der Waals surface area contributed by atoms with Crippen LogP contribution in [0.25, 0.3) is 10.8 Å². The summed E-state index contributed by atoms with van der Waals surface area (Å²) in [4.78, 5) is 22.6. The predicted octanol–water partition coefficient (Wildman–Crippen LogP) is 2.02. The minimum Gasteiger partial charge on any atom is -0.497 e. The van der Waals surface area contributed by atoms with Gasteiger partial charge in [-0.15, -0.1) is 0 Å². The maximum absolute atomic E-state index is 12.1. The van der Waals surface area contributed by atoms with E-state index in [4.69, 9.17) is 8.92 Å². The molecule has 0 bridgehead atoms. The molecule has 0 spiro atoms. The van der Waals surface area contributed by atoms with Gasteiger partial charge in [0.25, 0.3) is 0 Å². The summed E-state index contributed by atoms with van der Waals surface area (Å²) in [5, 5.41) is 10.2. The van der Waals surface area contributed by atoms with Crippen LogP contribution in [0.3, 0.4) is 0 Å². The Morgan fingerprint density at radius 3 is 2.42 bits per heavy atom. The average molecular weight is 383 g/mol. The molecule has 140 valence electrons. The van der Waals surface area contributed by atoms with Gasteiger partial charge in [0.1, 0.15) is 5.75 Å². The lowest BCUT2D eigenvalue weighted by molar-refractivity contribution is -0.138. The standard InChI is InChI=1S/C16H17NO8S/c1-9(15(18)19)12-6-4-10-8-11(23-2)5-7-13(10)14(12)25-26(21,22)17-16(20)24-3/h4-9H,1-3H3,(H,17,20)(H,18,19). The van der Waals surface area contributed by atoms with E-state index >= 15 is 0 Å². The molecule has 0 radical (unpaired) electrons. The monoisotopic (exact) mass is 383 g/mol. The Morgan fingerprint density at radius 2 is 1.85 bits per heavy atom. The topological polar surface area (TPSA) is 128 Å². The number of amides is 1. The van der Waals surface area contributed by atoms with Crippen LogP contribution in [0, 0.1) is 0 Å². The Hall–Kier alpha value is -3.01. The summed E-state index contributed by atoms with van der Waals surface area (Å²) in [6, 6.07) is 7.82. The van der Waals surface area contributed by atoms with Gasteiger partial charge in [0, 0.05) is 10.9 Å². The van der Waals surface area contributed by atoms with E-state index in [9.17, 15) is 23.1 Å². The Kier molecular flexibility index (Phi) is 5.56. The molecule has 26 heavy (non-hydrogen) atoms. The van der Waals surface area contributed by atoms with Crippen LogP contribution < -0.4 is 13.6 Å². The number of carboxylic acid groups (broad SMARTS) is 1. The number of hydrogen-bond donors (Lipinski definition) is 2. The molecule has 0 fully saturated rings. The molecule has 2 aromatic rings. The number of aliphatic carboxylic acids is 1. The molecule has 0 aromatic heterocycles. The van der Waals surface area contributed by atoms with E-state index in [1.807, 2.05) is 0 Å². The molecule has 9 nitrogen and oxygen atoms in total. The molecule has 10 heteroatoms. The van der Waals surface area contributed by atoms with Gasteiger partial charge in [0.15, 0.2) is 5.75 Å². The highest BCUT2D eigenvalue weighted by Crippen LogP contribution is 2.37. The van der Waals surface area contributed by atoms with Crippen molar-refractivity contribution in [2.45, 2.75) is 12.8 Å². The summed E-state index contributed by atoms with van der Waals surface area (Å²) in [5.41, 5.74) is 0.130. The highest BCUT2D eigenvalue weighted by Gasteiger charge is 2.25. The lowest BCUT2D eigenvalue weighted by atomic mass is 9.96. The number of carboxylic acids is 1. The van der Waals surface area contributed by atoms with E-state index in [2.05, 4.69) is 4.74 Å². The smallest absolute Gasteiger partial charge is 0.423 e. The zero-order valence-electron chi connectivity index (χ0n) is 14.2. The van der Waals surface area contributed by atoms with Crippen molar-refractivity contribution in [3.05, 3.63) is 35.9 Å². The second-order valence-corrected chi connectivity index (χ2v) is 6.54. The van der Waals surface area contributed by atoms with E-state index in [0.717, 1.165) is 7.11 Å². The van der Waals surface area contributed by atoms with Crippen LogP contribution in [-0.2, 0) is 19.8 Å². The number of benzene rings is 2. The number of fused-ring (bicyclic) bond motifs is 1. The Balaban J connectivity index is 2.63. The van der Waals surface area contributed by atoms with Gasteiger partial charge in [0.2, 0.25) is 0 Å². The SMILES string of the molecule is COC(=O)NS(=O)(=O)Oc1c(C(C)C(=O)O)ccc2cc(OC)ccc12. The number of methoxy groups -OCH3 is 2. The van der Waals surface area contributed by atoms with Crippen molar-refractivity contribution >= 4 is 33.1 Å². The van der Waals surface area contributed by atoms with Gasteiger partial charge in [0.05, 0.1) is 20.1 Å². The normalized spacial score (nSPS) is 12.3. The zero-order chi connectivity index (χ0) is 19.5. The van der Waals surface area contributed by atoms with Gasteiger partial charge >= 0.3 is 22.4 Å². The maximum Gasteiger partial charge on any atom is 0.423 e. The maximum atomic E-state index is 12.1. The van der Waals surface area contributed by atoms with Crippen molar-refractivity contribution in [1.82, 2.24) is 4.72 Å². The van der Waals surface area contributed by atoms with E-state index < -0.39 is 28.3 Å². The first-order valence-electron chi connectivity index (χ1n) is 7.32. The third-order valence-corrected chi connectivity index (χ3v) is 4.43. The molecule has 0 saturated carbocycles. The third kappa shape index (κ3) is 4.14. The van der Waals surface area contributed by atoms with Crippen molar-refractivity contribution in [1.29, 1.82) is 0 Å². The lowest BCUT2D eigenvalue weighted by Gasteiger charge is -2.17. The molecule has 1 amide bonds. The minimum atomic E-state index is -4.58. The van der Waals surface area contributed by atoms with Crippen LogP contribution in [-0.4, -0.2) is 39.8 Å². The number of rotatable bonds is 6. The van der Waals surface area contributed by atoms with Crippen LogP contribution in [0.2, 0.25) is 0 Å². The van der Waals surface area contributed by atoms with Gasteiger partial charge in [-0.3, -0.25) is 4.79 Å². The fourth-order valence-corrected chi connectivity index (χ4v) is 3.00. The molecule has 0 heterocycles. The van der Waals surface area contributed by atoms with Crippen LogP contribution >= 0.6 is 0 Å². The van der Waals surface area contributed by atoms with Crippen molar-refractivity contribution < 1.29 is 36.8 Å². The van der Waals surface area contributed by atoms with Crippen LogP contribution in [0.4, 0.5) is 4.79 Å². The molecule has 0 aliphatic rings. The van der Waals surface area contributed by atoms with E-state index in [0.29, 0.717) is 16.5 Å². The molecule has 2 rings (SSSR count). The highest BCUT2D eigenvalue weighted by atomic mass is 32.2. The molecule has 0 saturated heterocycles.